The molecule has 0 aliphatic rings. The molecule has 1 aromatic carbocycles. The Kier molecular flexibility index (Phi) is 3.68. The number of hydrogen-bond acceptors (Lipinski definition) is 5. The molecule has 0 atom stereocenters. The molecule has 100 valence electrons. The van der Waals surface area contributed by atoms with E-state index in [1.54, 1.807) is 38.1 Å². The Hall–Kier alpha value is -1.73. The van der Waals surface area contributed by atoms with Gasteiger partial charge in [-0.25, -0.2) is 13.1 Å². The summed E-state index contributed by atoms with van der Waals surface area (Å²) >= 11 is 0.971. The van der Waals surface area contributed by atoms with E-state index in [4.69, 9.17) is 0 Å². The Morgan fingerprint density at radius 2 is 1.95 bits per heavy atom. The number of benzene rings is 1. The molecule has 1 N–H and O–H groups in total. The standard InChI is InChI=1S/C12H12N2O3S2/c1-8-5-3-4-6-11(8)19(16,17)14-12(15)10-7-9(2)13-18-10/h3-7H,1-2H3,(H,14,15). The minimum atomic E-state index is -3.85. The maximum atomic E-state index is 12.1. The lowest BCUT2D eigenvalue weighted by atomic mass is 10.2. The minimum absolute atomic E-state index is 0.101. The van der Waals surface area contributed by atoms with E-state index in [0.717, 1.165) is 11.5 Å². The van der Waals surface area contributed by atoms with E-state index in [0.29, 0.717) is 11.3 Å². The molecule has 1 amide bonds. The highest BCUT2D eigenvalue weighted by molar-refractivity contribution is 7.90. The van der Waals surface area contributed by atoms with E-state index in [9.17, 15) is 13.2 Å². The highest BCUT2D eigenvalue weighted by Crippen LogP contribution is 2.15. The van der Waals surface area contributed by atoms with Crippen molar-refractivity contribution in [2.24, 2.45) is 0 Å². The van der Waals surface area contributed by atoms with Crippen LogP contribution >= 0.6 is 11.5 Å². The summed E-state index contributed by atoms with van der Waals surface area (Å²) in [6.45, 7) is 3.42. The Morgan fingerprint density at radius 1 is 1.26 bits per heavy atom. The molecule has 0 radical (unpaired) electrons. The van der Waals surface area contributed by atoms with Crippen molar-refractivity contribution in [2.45, 2.75) is 18.7 Å². The molecule has 0 saturated carbocycles. The van der Waals surface area contributed by atoms with Crippen LogP contribution in [0.5, 0.6) is 0 Å². The van der Waals surface area contributed by atoms with Crippen molar-refractivity contribution in [3.8, 4) is 0 Å². The van der Waals surface area contributed by atoms with Gasteiger partial charge in [-0.15, -0.1) is 0 Å². The average Bonchev–Trinajstić information content (AvgIpc) is 2.76. The van der Waals surface area contributed by atoms with E-state index in [1.807, 2.05) is 4.72 Å². The average molecular weight is 296 g/mol. The van der Waals surface area contributed by atoms with Crippen molar-refractivity contribution < 1.29 is 13.2 Å². The molecule has 1 aromatic heterocycles. The summed E-state index contributed by atoms with van der Waals surface area (Å²) in [5.74, 6) is -0.658. The second kappa shape index (κ2) is 5.10. The molecule has 0 saturated heterocycles. The molecule has 0 spiro atoms. The third kappa shape index (κ3) is 2.99. The van der Waals surface area contributed by atoms with Crippen molar-refractivity contribution >= 4 is 27.5 Å². The number of hydrogen-bond donors (Lipinski definition) is 1. The predicted octanol–water partition coefficient (Wildman–Crippen LogP) is 1.88. The first-order valence-electron chi connectivity index (χ1n) is 5.46. The lowest BCUT2D eigenvalue weighted by Gasteiger charge is -2.07. The van der Waals surface area contributed by atoms with Crippen LogP contribution in [0.1, 0.15) is 20.9 Å². The van der Waals surface area contributed by atoms with E-state index in [1.165, 1.54) is 6.07 Å². The van der Waals surface area contributed by atoms with Crippen molar-refractivity contribution in [1.82, 2.24) is 9.10 Å². The van der Waals surface area contributed by atoms with Gasteiger partial charge in [0.05, 0.1) is 10.6 Å². The van der Waals surface area contributed by atoms with Gasteiger partial charge in [0.2, 0.25) is 0 Å². The van der Waals surface area contributed by atoms with Gasteiger partial charge in [-0.3, -0.25) is 4.79 Å². The zero-order valence-corrected chi connectivity index (χ0v) is 12.0. The smallest absolute Gasteiger partial charge is 0.267 e. The molecular weight excluding hydrogens is 284 g/mol. The number of aromatic nitrogens is 1. The predicted molar refractivity (Wildman–Crippen MR) is 72.7 cm³/mol. The van der Waals surface area contributed by atoms with Crippen LogP contribution in [0, 0.1) is 13.8 Å². The number of carbonyl (C=O) groups excluding carboxylic acids is 1. The Bertz CT molecular complexity index is 720. The van der Waals surface area contributed by atoms with Crippen LogP contribution in [0.15, 0.2) is 35.2 Å². The molecular formula is C12H12N2O3S2. The first-order valence-corrected chi connectivity index (χ1v) is 7.72. The molecule has 0 unspecified atom stereocenters. The van der Waals surface area contributed by atoms with E-state index in [-0.39, 0.29) is 9.77 Å². The fourth-order valence-corrected chi connectivity index (χ4v) is 3.49. The maximum absolute atomic E-state index is 12.1. The van der Waals surface area contributed by atoms with E-state index >= 15 is 0 Å². The van der Waals surface area contributed by atoms with Crippen LogP contribution in [-0.2, 0) is 10.0 Å². The molecule has 0 bridgehead atoms. The third-order valence-corrected chi connectivity index (χ3v) is 4.83. The van der Waals surface area contributed by atoms with Crippen LogP contribution < -0.4 is 4.72 Å². The Balaban J connectivity index is 2.28. The molecule has 7 heteroatoms. The SMILES string of the molecule is Cc1cc(C(=O)NS(=O)(=O)c2ccccc2C)sn1. The number of aryl methyl sites for hydroxylation is 2. The van der Waals surface area contributed by atoms with Gasteiger partial charge in [0.15, 0.2) is 0 Å². The topological polar surface area (TPSA) is 76.1 Å². The van der Waals surface area contributed by atoms with Crippen LogP contribution in [0.4, 0.5) is 0 Å². The minimum Gasteiger partial charge on any atom is -0.267 e. The van der Waals surface area contributed by atoms with Gasteiger partial charge in [0.25, 0.3) is 15.9 Å². The highest BCUT2D eigenvalue weighted by Gasteiger charge is 2.21. The first kappa shape index (κ1) is 13.7. The van der Waals surface area contributed by atoms with Crippen LogP contribution in [0.3, 0.4) is 0 Å². The summed E-state index contributed by atoms with van der Waals surface area (Å²) in [5.41, 5.74) is 1.27. The summed E-state index contributed by atoms with van der Waals surface area (Å²) < 4.78 is 30.2. The molecule has 1 heterocycles. The van der Waals surface area contributed by atoms with Gasteiger partial charge in [-0.2, -0.15) is 4.37 Å². The van der Waals surface area contributed by atoms with Crippen molar-refractivity contribution in [3.05, 3.63) is 46.5 Å². The van der Waals surface area contributed by atoms with Gasteiger partial charge in [0, 0.05) is 0 Å². The van der Waals surface area contributed by atoms with Crippen LogP contribution in [-0.4, -0.2) is 18.7 Å². The second-order valence-electron chi connectivity index (χ2n) is 4.03. The number of sulfonamides is 1. The van der Waals surface area contributed by atoms with E-state index in [2.05, 4.69) is 4.37 Å². The van der Waals surface area contributed by atoms with Gasteiger partial charge < -0.3 is 0 Å². The summed E-state index contributed by atoms with van der Waals surface area (Å²) in [5, 5.41) is 0. The van der Waals surface area contributed by atoms with Crippen molar-refractivity contribution in [2.75, 3.05) is 0 Å². The van der Waals surface area contributed by atoms with Gasteiger partial charge in [-0.05, 0) is 43.1 Å². The monoisotopic (exact) mass is 296 g/mol. The Labute approximate surface area is 115 Å². The highest BCUT2D eigenvalue weighted by atomic mass is 32.2. The number of nitrogens with one attached hydrogen (secondary N) is 1. The lowest BCUT2D eigenvalue weighted by molar-refractivity contribution is 0.0985. The number of amides is 1. The van der Waals surface area contributed by atoms with Crippen LogP contribution in [0.25, 0.3) is 0 Å². The number of rotatable bonds is 3. The van der Waals surface area contributed by atoms with Gasteiger partial charge in [0.1, 0.15) is 4.88 Å². The normalized spacial score (nSPS) is 11.3. The molecule has 2 rings (SSSR count). The van der Waals surface area contributed by atoms with Crippen LogP contribution in [0.2, 0.25) is 0 Å². The third-order valence-electron chi connectivity index (χ3n) is 2.46. The van der Waals surface area contributed by atoms with Crippen molar-refractivity contribution in [3.63, 3.8) is 0 Å². The number of carbonyl (C=O) groups is 1. The molecule has 0 aliphatic heterocycles. The summed E-state index contributed by atoms with van der Waals surface area (Å²) in [6.07, 6.45) is 0. The number of nitrogens with zero attached hydrogens (tertiary/aromatic N) is 1. The van der Waals surface area contributed by atoms with E-state index < -0.39 is 15.9 Å². The quantitative estimate of drug-likeness (QED) is 0.938. The Morgan fingerprint density at radius 3 is 2.53 bits per heavy atom. The fraction of sp³-hybridized carbons (Fsp3) is 0.167. The van der Waals surface area contributed by atoms with Crippen molar-refractivity contribution in [1.29, 1.82) is 0 Å². The fourth-order valence-electron chi connectivity index (χ4n) is 1.56. The van der Waals surface area contributed by atoms with Gasteiger partial charge in [-0.1, -0.05) is 18.2 Å². The van der Waals surface area contributed by atoms with Gasteiger partial charge >= 0.3 is 0 Å². The summed E-state index contributed by atoms with van der Waals surface area (Å²) in [6, 6.07) is 8.04. The largest absolute Gasteiger partial charge is 0.276 e. The molecule has 0 fully saturated rings. The zero-order valence-electron chi connectivity index (χ0n) is 10.4. The first-order chi connectivity index (χ1) is 8.90. The molecule has 2 aromatic rings. The second-order valence-corrected chi connectivity index (χ2v) is 6.49. The summed E-state index contributed by atoms with van der Waals surface area (Å²) in [4.78, 5) is 12.2. The molecule has 19 heavy (non-hydrogen) atoms. The molecule has 0 aliphatic carbocycles. The molecule has 5 nitrogen and oxygen atoms in total. The maximum Gasteiger partial charge on any atom is 0.276 e. The lowest BCUT2D eigenvalue weighted by Crippen LogP contribution is -2.30. The summed E-state index contributed by atoms with van der Waals surface area (Å²) in [7, 11) is -3.85. The zero-order chi connectivity index (χ0) is 14.0.